The van der Waals surface area contributed by atoms with Crippen LogP contribution in [0.4, 0.5) is 0 Å². The van der Waals surface area contributed by atoms with Crippen LogP contribution in [-0.2, 0) is 14.3 Å². The number of benzene rings is 1. The van der Waals surface area contributed by atoms with Gasteiger partial charge in [0.1, 0.15) is 11.9 Å². The van der Waals surface area contributed by atoms with Crippen molar-refractivity contribution in [2.75, 3.05) is 26.8 Å². The van der Waals surface area contributed by atoms with Crippen molar-refractivity contribution in [3.05, 3.63) is 29.8 Å². The number of esters is 1. The minimum absolute atomic E-state index is 0.0159. The van der Waals surface area contributed by atoms with Gasteiger partial charge in [-0.2, -0.15) is 0 Å². The van der Waals surface area contributed by atoms with Crippen LogP contribution in [0.2, 0.25) is 0 Å². The first-order chi connectivity index (χ1) is 10.2. The summed E-state index contributed by atoms with van der Waals surface area (Å²) < 4.78 is 10.0. The van der Waals surface area contributed by atoms with Gasteiger partial charge in [-0.25, -0.2) is 0 Å². The predicted molar refractivity (Wildman–Crippen MR) is 76.7 cm³/mol. The van der Waals surface area contributed by atoms with E-state index in [1.807, 2.05) is 31.2 Å². The molecule has 6 nitrogen and oxygen atoms in total. The van der Waals surface area contributed by atoms with Gasteiger partial charge >= 0.3 is 5.97 Å². The summed E-state index contributed by atoms with van der Waals surface area (Å²) in [6.45, 7) is 3.17. The van der Waals surface area contributed by atoms with Gasteiger partial charge < -0.3 is 14.4 Å². The van der Waals surface area contributed by atoms with Crippen molar-refractivity contribution in [1.29, 1.82) is 0 Å². The molecule has 1 saturated heterocycles. The van der Waals surface area contributed by atoms with E-state index in [2.05, 4.69) is 10.1 Å². The van der Waals surface area contributed by atoms with E-state index in [4.69, 9.17) is 4.74 Å². The molecule has 6 heteroatoms. The number of amides is 1. The zero-order chi connectivity index (χ0) is 15.2. The number of hydrogen-bond acceptors (Lipinski definition) is 5. The maximum absolute atomic E-state index is 11.9. The lowest BCUT2D eigenvalue weighted by Gasteiger charge is -2.24. The maximum Gasteiger partial charge on any atom is 0.307 e. The van der Waals surface area contributed by atoms with Gasteiger partial charge in [-0.05, 0) is 24.6 Å². The molecule has 0 saturated carbocycles. The maximum atomic E-state index is 11.9. The second-order valence-corrected chi connectivity index (χ2v) is 4.70. The number of nitrogens with one attached hydrogen (secondary N) is 1. The predicted octanol–water partition coefficient (Wildman–Crippen LogP) is 1.08. The Bertz CT molecular complexity index is 501. The van der Waals surface area contributed by atoms with Crippen molar-refractivity contribution >= 4 is 11.9 Å². The average Bonchev–Trinajstić information content (AvgIpc) is 2.87. The number of methoxy groups -OCH3 is 1. The fraction of sp³-hybridized carbons (Fsp3) is 0.467. The molecule has 1 aliphatic heterocycles. The summed E-state index contributed by atoms with van der Waals surface area (Å²) in [4.78, 5) is 24.8. The smallest absolute Gasteiger partial charge is 0.307 e. The molecule has 1 atom stereocenters. The van der Waals surface area contributed by atoms with Crippen LogP contribution >= 0.6 is 0 Å². The van der Waals surface area contributed by atoms with E-state index in [0.717, 1.165) is 11.3 Å². The summed E-state index contributed by atoms with van der Waals surface area (Å²) in [6.07, 6.45) is -0.0184. The zero-order valence-electron chi connectivity index (χ0n) is 12.3. The fourth-order valence-electron chi connectivity index (χ4n) is 2.32. The fourth-order valence-corrected chi connectivity index (χ4v) is 2.32. The number of carbonyl (C=O) groups excluding carboxylic acids is 2. The molecule has 1 amide bonds. The SMILES string of the molecule is CCOc1ccc(C2NCC(=O)N2CCC(=O)OC)cc1. The molecule has 0 radical (unpaired) electrons. The molecule has 1 fully saturated rings. The van der Waals surface area contributed by atoms with Gasteiger partial charge in [0.15, 0.2) is 0 Å². The van der Waals surface area contributed by atoms with Gasteiger partial charge in [0.2, 0.25) is 5.91 Å². The van der Waals surface area contributed by atoms with Gasteiger partial charge in [0.25, 0.3) is 0 Å². The van der Waals surface area contributed by atoms with E-state index in [0.29, 0.717) is 13.2 Å². The van der Waals surface area contributed by atoms with E-state index < -0.39 is 0 Å². The van der Waals surface area contributed by atoms with E-state index in [-0.39, 0.29) is 31.0 Å². The highest BCUT2D eigenvalue weighted by Gasteiger charge is 2.31. The molecular formula is C15H20N2O4. The largest absolute Gasteiger partial charge is 0.494 e. The Morgan fingerprint density at radius 2 is 2.10 bits per heavy atom. The molecule has 1 aromatic carbocycles. The molecule has 1 aliphatic rings. The molecule has 1 aromatic rings. The Labute approximate surface area is 124 Å². The lowest BCUT2D eigenvalue weighted by Crippen LogP contribution is -2.32. The van der Waals surface area contributed by atoms with Crippen LogP contribution in [0, 0.1) is 0 Å². The summed E-state index contributed by atoms with van der Waals surface area (Å²) in [7, 11) is 1.34. The molecule has 114 valence electrons. The van der Waals surface area contributed by atoms with Gasteiger partial charge in [0.05, 0.1) is 26.7 Å². The Morgan fingerprint density at radius 3 is 2.71 bits per heavy atom. The first-order valence-electron chi connectivity index (χ1n) is 6.98. The molecule has 0 aliphatic carbocycles. The van der Waals surface area contributed by atoms with Crippen molar-refractivity contribution in [3.8, 4) is 5.75 Å². The van der Waals surface area contributed by atoms with Gasteiger partial charge in [-0.3, -0.25) is 14.9 Å². The van der Waals surface area contributed by atoms with Crippen molar-refractivity contribution in [1.82, 2.24) is 10.2 Å². The molecule has 0 spiro atoms. The molecule has 0 aromatic heterocycles. The van der Waals surface area contributed by atoms with E-state index in [9.17, 15) is 9.59 Å². The molecule has 1 heterocycles. The quantitative estimate of drug-likeness (QED) is 0.795. The summed E-state index contributed by atoms with van der Waals surface area (Å²) in [5, 5.41) is 3.15. The third-order valence-electron chi connectivity index (χ3n) is 3.37. The second-order valence-electron chi connectivity index (χ2n) is 4.70. The standard InChI is InChI=1S/C15H20N2O4/c1-3-21-12-6-4-11(5-7-12)15-16-10-13(18)17(15)9-8-14(19)20-2/h4-7,15-16H,3,8-10H2,1-2H3. The van der Waals surface area contributed by atoms with Crippen LogP contribution in [0.5, 0.6) is 5.75 Å². The monoisotopic (exact) mass is 292 g/mol. The highest BCUT2D eigenvalue weighted by Crippen LogP contribution is 2.24. The number of hydrogen-bond donors (Lipinski definition) is 1. The summed E-state index contributed by atoms with van der Waals surface area (Å²) in [6, 6.07) is 7.60. The summed E-state index contributed by atoms with van der Waals surface area (Å²) in [5.41, 5.74) is 0.967. The van der Waals surface area contributed by atoms with Gasteiger partial charge in [0, 0.05) is 6.54 Å². The molecule has 1 N–H and O–H groups in total. The van der Waals surface area contributed by atoms with E-state index in [1.165, 1.54) is 7.11 Å². The number of nitrogens with zero attached hydrogens (tertiary/aromatic N) is 1. The number of carbonyl (C=O) groups is 2. The molecular weight excluding hydrogens is 272 g/mol. The van der Waals surface area contributed by atoms with Crippen molar-refractivity contribution in [2.24, 2.45) is 0 Å². The molecule has 1 unspecified atom stereocenters. The van der Waals surface area contributed by atoms with Crippen LogP contribution in [0.1, 0.15) is 25.1 Å². The molecule has 2 rings (SSSR count). The van der Waals surface area contributed by atoms with Crippen molar-refractivity contribution in [3.63, 3.8) is 0 Å². The lowest BCUT2D eigenvalue weighted by molar-refractivity contribution is -0.141. The zero-order valence-corrected chi connectivity index (χ0v) is 12.3. The Balaban J connectivity index is 2.05. The van der Waals surface area contributed by atoms with Gasteiger partial charge in [-0.1, -0.05) is 12.1 Å². The number of ether oxygens (including phenoxy) is 2. The normalized spacial score (nSPS) is 17.9. The molecule has 0 bridgehead atoms. The second kappa shape index (κ2) is 7.08. The Hall–Kier alpha value is -2.08. The summed E-state index contributed by atoms with van der Waals surface area (Å²) in [5.74, 6) is 0.463. The molecule has 21 heavy (non-hydrogen) atoms. The van der Waals surface area contributed by atoms with Crippen LogP contribution in [0.3, 0.4) is 0 Å². The first kappa shape index (κ1) is 15.3. The first-order valence-corrected chi connectivity index (χ1v) is 6.98. The average molecular weight is 292 g/mol. The van der Waals surface area contributed by atoms with Gasteiger partial charge in [-0.15, -0.1) is 0 Å². The van der Waals surface area contributed by atoms with Crippen LogP contribution in [0.15, 0.2) is 24.3 Å². The van der Waals surface area contributed by atoms with Crippen molar-refractivity contribution in [2.45, 2.75) is 19.5 Å². The topological polar surface area (TPSA) is 67.9 Å². The minimum atomic E-state index is -0.319. The third-order valence-corrected chi connectivity index (χ3v) is 3.37. The highest BCUT2D eigenvalue weighted by atomic mass is 16.5. The summed E-state index contributed by atoms with van der Waals surface area (Å²) >= 11 is 0. The van der Waals surface area contributed by atoms with Crippen LogP contribution in [-0.4, -0.2) is 43.6 Å². The highest BCUT2D eigenvalue weighted by molar-refractivity contribution is 5.81. The van der Waals surface area contributed by atoms with Crippen LogP contribution in [0.25, 0.3) is 0 Å². The Morgan fingerprint density at radius 1 is 1.38 bits per heavy atom. The number of rotatable bonds is 6. The van der Waals surface area contributed by atoms with Crippen molar-refractivity contribution < 1.29 is 19.1 Å². The van der Waals surface area contributed by atoms with E-state index >= 15 is 0 Å². The third kappa shape index (κ3) is 3.72. The minimum Gasteiger partial charge on any atom is -0.494 e. The Kier molecular flexibility index (Phi) is 5.16. The van der Waals surface area contributed by atoms with Crippen LogP contribution < -0.4 is 10.1 Å². The lowest BCUT2D eigenvalue weighted by atomic mass is 10.1. The van der Waals surface area contributed by atoms with E-state index in [1.54, 1.807) is 4.90 Å².